The standard InChI is InChI=1S/C16H17BrClNO2/c1-10(19)16(12-5-3-4-6-14(12)20-2)21-15-8-7-11(18)9-13(15)17/h3-10,16H,19H2,1-2H3. The highest BCUT2D eigenvalue weighted by molar-refractivity contribution is 9.10. The minimum absolute atomic E-state index is 0.205. The number of hydrogen-bond acceptors (Lipinski definition) is 3. The zero-order valence-corrected chi connectivity index (χ0v) is 14.2. The van der Waals surface area contributed by atoms with Crippen molar-refractivity contribution in [3.8, 4) is 11.5 Å². The number of para-hydroxylation sites is 1. The van der Waals surface area contributed by atoms with E-state index >= 15 is 0 Å². The largest absolute Gasteiger partial charge is 0.496 e. The molecule has 0 bridgehead atoms. The lowest BCUT2D eigenvalue weighted by atomic mass is 10.0. The second-order valence-corrected chi connectivity index (χ2v) is 6.01. The van der Waals surface area contributed by atoms with Gasteiger partial charge in [0.05, 0.1) is 11.6 Å². The van der Waals surface area contributed by atoms with Crippen molar-refractivity contribution in [3.05, 3.63) is 57.5 Å². The van der Waals surface area contributed by atoms with Crippen molar-refractivity contribution in [2.75, 3.05) is 7.11 Å². The number of benzene rings is 2. The fraction of sp³-hybridized carbons (Fsp3) is 0.250. The van der Waals surface area contributed by atoms with Gasteiger partial charge >= 0.3 is 0 Å². The van der Waals surface area contributed by atoms with E-state index in [2.05, 4.69) is 15.9 Å². The summed E-state index contributed by atoms with van der Waals surface area (Å²) in [6.45, 7) is 1.90. The van der Waals surface area contributed by atoms with Gasteiger partial charge in [-0.15, -0.1) is 0 Å². The molecule has 3 nitrogen and oxygen atoms in total. The second-order valence-electron chi connectivity index (χ2n) is 4.71. The minimum Gasteiger partial charge on any atom is -0.496 e. The molecule has 21 heavy (non-hydrogen) atoms. The van der Waals surface area contributed by atoms with Crippen molar-refractivity contribution >= 4 is 27.5 Å². The molecule has 0 aromatic heterocycles. The van der Waals surface area contributed by atoms with E-state index in [1.807, 2.05) is 37.3 Å². The summed E-state index contributed by atoms with van der Waals surface area (Å²) < 4.78 is 12.3. The number of ether oxygens (including phenoxy) is 2. The van der Waals surface area contributed by atoms with Gasteiger partial charge in [-0.2, -0.15) is 0 Å². The van der Waals surface area contributed by atoms with Crippen LogP contribution in [0, 0.1) is 0 Å². The summed E-state index contributed by atoms with van der Waals surface area (Å²) >= 11 is 9.40. The molecule has 112 valence electrons. The van der Waals surface area contributed by atoms with E-state index < -0.39 is 0 Å². The zero-order valence-electron chi connectivity index (χ0n) is 11.8. The molecule has 0 saturated heterocycles. The van der Waals surface area contributed by atoms with Gasteiger partial charge in [0.1, 0.15) is 17.6 Å². The van der Waals surface area contributed by atoms with Gasteiger partial charge in [-0.1, -0.05) is 29.8 Å². The van der Waals surface area contributed by atoms with Crippen LogP contribution in [0.3, 0.4) is 0 Å². The molecule has 5 heteroatoms. The lowest BCUT2D eigenvalue weighted by Gasteiger charge is -2.25. The highest BCUT2D eigenvalue weighted by atomic mass is 79.9. The van der Waals surface area contributed by atoms with Crippen molar-refractivity contribution in [1.82, 2.24) is 0 Å². The summed E-state index contributed by atoms with van der Waals surface area (Å²) in [5.74, 6) is 1.44. The molecule has 0 heterocycles. The Balaban J connectivity index is 2.36. The van der Waals surface area contributed by atoms with Crippen LogP contribution in [-0.4, -0.2) is 13.2 Å². The van der Waals surface area contributed by atoms with E-state index in [1.165, 1.54) is 0 Å². The number of nitrogens with two attached hydrogens (primary N) is 1. The Hall–Kier alpha value is -1.23. The van der Waals surface area contributed by atoms with E-state index in [0.717, 1.165) is 15.8 Å². The van der Waals surface area contributed by atoms with Crippen LogP contribution in [0.15, 0.2) is 46.9 Å². The normalized spacial score (nSPS) is 13.6. The minimum atomic E-state index is -0.321. The van der Waals surface area contributed by atoms with Gasteiger partial charge in [-0.25, -0.2) is 0 Å². The molecule has 0 aliphatic carbocycles. The Labute approximate surface area is 138 Å². The molecular weight excluding hydrogens is 354 g/mol. The Morgan fingerprint density at radius 1 is 1.14 bits per heavy atom. The van der Waals surface area contributed by atoms with Gasteiger partial charge in [0.25, 0.3) is 0 Å². The average molecular weight is 371 g/mol. The van der Waals surface area contributed by atoms with Crippen LogP contribution in [0.2, 0.25) is 5.02 Å². The fourth-order valence-corrected chi connectivity index (χ4v) is 2.84. The molecule has 2 aromatic rings. The summed E-state index contributed by atoms with van der Waals surface area (Å²) in [4.78, 5) is 0. The van der Waals surface area contributed by atoms with Gasteiger partial charge in [0, 0.05) is 16.6 Å². The molecule has 2 atom stereocenters. The van der Waals surface area contributed by atoms with Gasteiger partial charge < -0.3 is 15.2 Å². The maximum atomic E-state index is 6.10. The van der Waals surface area contributed by atoms with E-state index in [1.54, 1.807) is 19.2 Å². The molecule has 2 N–H and O–H groups in total. The summed E-state index contributed by atoms with van der Waals surface area (Å²) in [5.41, 5.74) is 7.01. The first-order chi connectivity index (χ1) is 10.0. The Morgan fingerprint density at radius 3 is 2.48 bits per heavy atom. The third-order valence-corrected chi connectivity index (χ3v) is 3.93. The Bertz CT molecular complexity index is 619. The monoisotopic (exact) mass is 369 g/mol. The topological polar surface area (TPSA) is 44.5 Å². The highest BCUT2D eigenvalue weighted by Gasteiger charge is 2.22. The number of hydrogen-bond donors (Lipinski definition) is 1. The van der Waals surface area contributed by atoms with Crippen molar-refractivity contribution in [1.29, 1.82) is 0 Å². The van der Waals surface area contributed by atoms with E-state index in [9.17, 15) is 0 Å². The molecule has 0 saturated carbocycles. The van der Waals surface area contributed by atoms with Gasteiger partial charge in [-0.3, -0.25) is 0 Å². The summed E-state index contributed by atoms with van der Waals surface area (Å²) in [6.07, 6.45) is -0.321. The lowest BCUT2D eigenvalue weighted by Crippen LogP contribution is -2.29. The first-order valence-corrected chi connectivity index (χ1v) is 7.70. The third-order valence-electron chi connectivity index (χ3n) is 3.07. The van der Waals surface area contributed by atoms with E-state index in [-0.39, 0.29) is 12.1 Å². The zero-order chi connectivity index (χ0) is 15.4. The molecule has 0 aliphatic rings. The Kier molecular flexibility index (Phi) is 5.51. The SMILES string of the molecule is COc1ccccc1C(Oc1ccc(Cl)cc1Br)C(C)N. The van der Waals surface area contributed by atoms with Crippen LogP contribution < -0.4 is 15.2 Å². The maximum Gasteiger partial charge on any atom is 0.142 e. The van der Waals surface area contributed by atoms with Gasteiger partial charge in [0.15, 0.2) is 0 Å². The summed E-state index contributed by atoms with van der Waals surface area (Å²) in [5, 5.41) is 0.642. The van der Waals surface area contributed by atoms with Crippen LogP contribution in [-0.2, 0) is 0 Å². The summed E-state index contributed by atoms with van der Waals surface area (Å²) in [7, 11) is 1.63. The molecule has 2 rings (SSSR count). The van der Waals surface area contributed by atoms with Crippen LogP contribution in [0.1, 0.15) is 18.6 Å². The van der Waals surface area contributed by atoms with Crippen LogP contribution in [0.5, 0.6) is 11.5 Å². The van der Waals surface area contributed by atoms with E-state index in [4.69, 9.17) is 26.8 Å². The van der Waals surface area contributed by atoms with Gasteiger partial charge in [-0.05, 0) is 47.1 Å². The van der Waals surface area contributed by atoms with E-state index in [0.29, 0.717) is 10.8 Å². The predicted molar refractivity (Wildman–Crippen MR) is 89.2 cm³/mol. The maximum absolute atomic E-state index is 6.10. The Morgan fingerprint density at radius 2 is 1.86 bits per heavy atom. The molecule has 0 fully saturated rings. The molecule has 2 unspecified atom stereocenters. The summed E-state index contributed by atoms with van der Waals surface area (Å²) in [6, 6.07) is 12.9. The smallest absolute Gasteiger partial charge is 0.142 e. The van der Waals surface area contributed by atoms with Crippen molar-refractivity contribution in [3.63, 3.8) is 0 Å². The highest BCUT2D eigenvalue weighted by Crippen LogP contribution is 2.35. The molecule has 0 amide bonds. The average Bonchev–Trinajstić information content (AvgIpc) is 2.46. The number of rotatable bonds is 5. The predicted octanol–water partition coefficient (Wildman–Crippen LogP) is 4.58. The number of methoxy groups -OCH3 is 1. The molecule has 2 aromatic carbocycles. The molecular formula is C16H17BrClNO2. The fourth-order valence-electron chi connectivity index (χ4n) is 2.06. The second kappa shape index (κ2) is 7.16. The molecule has 0 aliphatic heterocycles. The van der Waals surface area contributed by atoms with Crippen molar-refractivity contribution in [2.24, 2.45) is 5.73 Å². The van der Waals surface area contributed by atoms with Crippen LogP contribution >= 0.6 is 27.5 Å². The van der Waals surface area contributed by atoms with Crippen LogP contribution in [0.25, 0.3) is 0 Å². The van der Waals surface area contributed by atoms with Gasteiger partial charge in [0.2, 0.25) is 0 Å². The van der Waals surface area contributed by atoms with Crippen LogP contribution in [0.4, 0.5) is 0 Å². The lowest BCUT2D eigenvalue weighted by molar-refractivity contribution is 0.175. The van der Waals surface area contributed by atoms with Crippen molar-refractivity contribution < 1.29 is 9.47 Å². The molecule has 0 spiro atoms. The first kappa shape index (κ1) is 16.1. The van der Waals surface area contributed by atoms with Crippen molar-refractivity contribution in [2.45, 2.75) is 19.1 Å². The molecule has 0 radical (unpaired) electrons. The third kappa shape index (κ3) is 3.90. The number of halogens is 2. The quantitative estimate of drug-likeness (QED) is 0.838. The first-order valence-electron chi connectivity index (χ1n) is 6.53.